The molecule has 0 bridgehead atoms. The van der Waals surface area contributed by atoms with Gasteiger partial charge in [-0.3, -0.25) is 9.59 Å². The maximum atomic E-state index is 13.2. The molecule has 2 fully saturated rings. The Morgan fingerprint density at radius 1 is 1.23 bits per heavy atom. The van der Waals surface area contributed by atoms with E-state index in [-0.39, 0.29) is 30.2 Å². The van der Waals surface area contributed by atoms with Crippen molar-refractivity contribution in [2.24, 2.45) is 11.3 Å². The Morgan fingerprint density at radius 2 is 2.03 bits per heavy atom. The van der Waals surface area contributed by atoms with E-state index in [1.807, 2.05) is 30.3 Å². The highest BCUT2D eigenvalue weighted by Crippen LogP contribution is 2.68. The zero-order valence-corrected chi connectivity index (χ0v) is 16.6. The highest BCUT2D eigenvalue weighted by atomic mass is 16.3. The van der Waals surface area contributed by atoms with Crippen LogP contribution in [-0.4, -0.2) is 62.2 Å². The molecule has 4 atom stereocenters. The Kier molecular flexibility index (Phi) is 4.32. The Balaban J connectivity index is 1.44. The van der Waals surface area contributed by atoms with Crippen molar-refractivity contribution in [3.63, 3.8) is 0 Å². The minimum absolute atomic E-state index is 0.0666. The number of hydrogen-bond donors (Lipinski definition) is 2. The van der Waals surface area contributed by atoms with Crippen LogP contribution in [0.15, 0.2) is 54.9 Å². The molecule has 0 radical (unpaired) electrons. The summed E-state index contributed by atoms with van der Waals surface area (Å²) in [5.74, 6) is -0.147. The summed E-state index contributed by atoms with van der Waals surface area (Å²) in [6, 6.07) is 13.6. The summed E-state index contributed by atoms with van der Waals surface area (Å²) < 4.78 is 1.52. The lowest BCUT2D eigenvalue weighted by Gasteiger charge is -2.16. The molecule has 5 rings (SSSR count). The molecule has 1 saturated carbocycles. The fourth-order valence-corrected chi connectivity index (χ4v) is 5.15. The molecule has 1 aromatic carbocycles. The number of carbonyl (C=O) groups excluding carboxylic acids is 2. The van der Waals surface area contributed by atoms with E-state index in [0.717, 1.165) is 5.56 Å². The van der Waals surface area contributed by atoms with Gasteiger partial charge in [-0.15, -0.1) is 0 Å². The number of hydrogen-bond acceptors (Lipinski definition) is 5. The first-order chi connectivity index (χ1) is 14.5. The Bertz CT molecular complexity index is 1110. The van der Waals surface area contributed by atoms with Crippen molar-refractivity contribution < 1.29 is 14.7 Å². The predicted molar refractivity (Wildman–Crippen MR) is 109 cm³/mol. The van der Waals surface area contributed by atoms with E-state index in [9.17, 15) is 14.7 Å². The van der Waals surface area contributed by atoms with E-state index in [0.29, 0.717) is 24.4 Å². The molecule has 2 aliphatic rings. The summed E-state index contributed by atoms with van der Waals surface area (Å²) in [6.45, 7) is 2.64. The monoisotopic (exact) mass is 405 g/mol. The molecule has 3 aromatic rings. The van der Waals surface area contributed by atoms with Crippen LogP contribution in [0.3, 0.4) is 0 Å². The van der Waals surface area contributed by atoms with Crippen LogP contribution in [0.4, 0.5) is 0 Å². The number of aromatic nitrogens is 3. The van der Waals surface area contributed by atoms with Gasteiger partial charge >= 0.3 is 0 Å². The zero-order valence-electron chi connectivity index (χ0n) is 16.6. The first kappa shape index (κ1) is 18.7. The van der Waals surface area contributed by atoms with Gasteiger partial charge in [-0.05, 0) is 29.5 Å². The minimum Gasteiger partial charge on any atom is -0.391 e. The number of likely N-dealkylation sites (tertiary alicyclic amines) is 1. The maximum Gasteiger partial charge on any atom is 0.274 e. The number of aliphatic hydroxyl groups excluding tert-OH is 1. The summed E-state index contributed by atoms with van der Waals surface area (Å²) >= 11 is 0. The summed E-state index contributed by atoms with van der Waals surface area (Å²) in [5.41, 5.74) is 1.64. The van der Waals surface area contributed by atoms with Crippen molar-refractivity contribution in [2.75, 3.05) is 19.6 Å². The van der Waals surface area contributed by atoms with Crippen LogP contribution < -0.4 is 5.32 Å². The second kappa shape index (κ2) is 6.91. The third-order valence-electron chi connectivity index (χ3n) is 6.55. The molecule has 154 valence electrons. The molecule has 0 unspecified atom stereocenters. The summed E-state index contributed by atoms with van der Waals surface area (Å²) in [4.78, 5) is 30.7. The topological polar surface area (TPSA) is 99.8 Å². The minimum atomic E-state index is -0.669. The highest BCUT2D eigenvalue weighted by Gasteiger charge is 2.71. The molecule has 8 nitrogen and oxygen atoms in total. The van der Waals surface area contributed by atoms with E-state index in [2.05, 4.69) is 15.4 Å². The molecule has 2 N–H and O–H groups in total. The molecule has 1 saturated heterocycles. The molecule has 30 heavy (non-hydrogen) atoms. The lowest BCUT2D eigenvalue weighted by atomic mass is 9.95. The zero-order chi connectivity index (χ0) is 20.9. The van der Waals surface area contributed by atoms with Gasteiger partial charge in [-0.25, -0.2) is 9.50 Å². The maximum absolute atomic E-state index is 13.2. The fourth-order valence-electron chi connectivity index (χ4n) is 5.15. The number of carbonyl (C=O) groups is 2. The van der Waals surface area contributed by atoms with Gasteiger partial charge in [0.25, 0.3) is 5.91 Å². The van der Waals surface area contributed by atoms with Crippen molar-refractivity contribution in [1.29, 1.82) is 0 Å². The van der Waals surface area contributed by atoms with Crippen molar-refractivity contribution >= 4 is 17.5 Å². The first-order valence-corrected chi connectivity index (χ1v) is 10.1. The molecule has 1 aliphatic carbocycles. The summed E-state index contributed by atoms with van der Waals surface area (Å²) in [5, 5.41) is 18.2. The van der Waals surface area contributed by atoms with Crippen LogP contribution in [0.5, 0.6) is 0 Å². The second-order valence-electron chi connectivity index (χ2n) is 8.18. The van der Waals surface area contributed by atoms with Gasteiger partial charge in [0.05, 0.1) is 12.3 Å². The Morgan fingerprint density at radius 3 is 2.80 bits per heavy atom. The van der Waals surface area contributed by atoms with E-state index >= 15 is 0 Å². The number of nitrogens with zero attached hydrogens (tertiary/aromatic N) is 4. The van der Waals surface area contributed by atoms with Gasteiger partial charge in [0.15, 0.2) is 11.3 Å². The molecule has 8 heteroatoms. The molecule has 3 heterocycles. The van der Waals surface area contributed by atoms with Crippen LogP contribution in [0, 0.1) is 11.3 Å². The van der Waals surface area contributed by atoms with Gasteiger partial charge in [-0.2, -0.15) is 5.10 Å². The van der Waals surface area contributed by atoms with Gasteiger partial charge in [-0.1, -0.05) is 30.3 Å². The van der Waals surface area contributed by atoms with Gasteiger partial charge in [0, 0.05) is 38.2 Å². The van der Waals surface area contributed by atoms with Crippen molar-refractivity contribution in [3.05, 3.63) is 66.1 Å². The second-order valence-corrected chi connectivity index (χ2v) is 8.18. The summed E-state index contributed by atoms with van der Waals surface area (Å²) in [6.07, 6.45) is 2.47. The van der Waals surface area contributed by atoms with Crippen molar-refractivity contribution in [3.8, 4) is 0 Å². The van der Waals surface area contributed by atoms with Crippen molar-refractivity contribution in [1.82, 2.24) is 24.8 Å². The molecule has 1 aliphatic heterocycles. The van der Waals surface area contributed by atoms with Crippen LogP contribution >= 0.6 is 0 Å². The van der Waals surface area contributed by atoms with Gasteiger partial charge < -0.3 is 15.3 Å². The molecular weight excluding hydrogens is 382 g/mol. The van der Waals surface area contributed by atoms with Crippen LogP contribution in [-0.2, 0) is 4.79 Å². The number of amides is 2. The smallest absolute Gasteiger partial charge is 0.274 e. The average molecular weight is 405 g/mol. The fraction of sp³-hybridized carbons (Fsp3) is 0.364. The SMILES string of the molecule is CC(=O)NC[C@@H]1[C@@H](c2ccccc2)[C@]12CN(C(=O)c1cnc3cccnn13)C[C@@H]2O. The van der Waals surface area contributed by atoms with Crippen LogP contribution in [0.25, 0.3) is 5.65 Å². The van der Waals surface area contributed by atoms with E-state index in [4.69, 9.17) is 0 Å². The first-order valence-electron chi connectivity index (χ1n) is 10.1. The molecular formula is C22H23N5O3. The third-order valence-corrected chi connectivity index (χ3v) is 6.55. The largest absolute Gasteiger partial charge is 0.391 e. The number of β-amino-alcohol motifs (C(OH)–C–C–N with tert-alkyl or cyclic N) is 1. The lowest BCUT2D eigenvalue weighted by Crippen LogP contribution is -2.31. The summed E-state index contributed by atoms with van der Waals surface area (Å²) in [7, 11) is 0. The lowest BCUT2D eigenvalue weighted by molar-refractivity contribution is -0.119. The Labute approximate surface area is 173 Å². The average Bonchev–Trinajstić information content (AvgIpc) is 3.01. The number of fused-ring (bicyclic) bond motifs is 1. The standard InChI is InChI=1S/C22H23N5O3/c1-14(28)23-10-16-20(15-6-3-2-4-7-15)22(16)13-26(12-18(22)29)21(30)17-11-24-19-8-5-9-25-27(17)19/h2-9,11,16,18,20,29H,10,12-13H2,1H3,(H,23,28)/t16-,18+,20-,22-/m1/s1. The molecule has 2 aromatic heterocycles. The highest BCUT2D eigenvalue weighted by molar-refractivity contribution is 5.93. The molecule has 1 spiro atoms. The normalized spacial score (nSPS) is 27.5. The number of imidazole rings is 1. The number of nitrogens with one attached hydrogen (secondary N) is 1. The quantitative estimate of drug-likeness (QED) is 0.677. The third kappa shape index (κ3) is 2.79. The Hall–Kier alpha value is -3.26. The van der Waals surface area contributed by atoms with Gasteiger partial charge in [0.2, 0.25) is 5.91 Å². The van der Waals surface area contributed by atoms with E-state index in [1.165, 1.54) is 17.6 Å². The van der Waals surface area contributed by atoms with Crippen LogP contribution in [0.1, 0.15) is 28.9 Å². The molecule has 2 amide bonds. The van der Waals surface area contributed by atoms with Crippen molar-refractivity contribution in [2.45, 2.75) is 18.9 Å². The van der Waals surface area contributed by atoms with Gasteiger partial charge in [0.1, 0.15) is 0 Å². The van der Waals surface area contributed by atoms with E-state index < -0.39 is 11.5 Å². The van der Waals surface area contributed by atoms with E-state index in [1.54, 1.807) is 23.2 Å². The number of benzene rings is 1. The van der Waals surface area contributed by atoms with Crippen LogP contribution in [0.2, 0.25) is 0 Å². The predicted octanol–water partition coefficient (Wildman–Crippen LogP) is 1.08. The number of aliphatic hydroxyl groups is 1. The number of rotatable bonds is 4.